The summed E-state index contributed by atoms with van der Waals surface area (Å²) in [6, 6.07) is 7.10. The Morgan fingerprint density at radius 1 is 1.14 bits per heavy atom. The van der Waals surface area contributed by atoms with E-state index in [1.165, 1.54) is 46.6 Å². The van der Waals surface area contributed by atoms with Crippen LogP contribution in [0.5, 0.6) is 10.9 Å². The smallest absolute Gasteiger partial charge is 0.445 e. The fourth-order valence-corrected chi connectivity index (χ4v) is 6.71. The van der Waals surface area contributed by atoms with Crippen LogP contribution in [-0.4, -0.2) is 84.5 Å². The zero-order chi connectivity index (χ0) is 42.7. The summed E-state index contributed by atoms with van der Waals surface area (Å²) in [5, 5.41) is 18.0. The number of aryl methyl sites for hydroxylation is 1. The summed E-state index contributed by atoms with van der Waals surface area (Å²) in [4.78, 5) is 45.0. The molecule has 310 valence electrons. The van der Waals surface area contributed by atoms with Crippen LogP contribution in [0, 0.1) is 18.2 Å². The second-order valence-electron chi connectivity index (χ2n) is 12.4. The Morgan fingerprint density at radius 3 is 2.35 bits per heavy atom. The minimum atomic E-state index is -4.61. The zero-order valence-corrected chi connectivity index (χ0v) is 33.8. The number of ether oxygens (including phenoxy) is 2. The molecule has 0 bridgehead atoms. The fraction of sp³-hybridized carbons (Fsp3) is 0.412. The molecule has 0 aliphatic carbocycles. The van der Waals surface area contributed by atoms with Gasteiger partial charge in [0, 0.05) is 43.6 Å². The van der Waals surface area contributed by atoms with Gasteiger partial charge < -0.3 is 30.1 Å². The molecule has 0 fully saturated rings. The van der Waals surface area contributed by atoms with E-state index in [1.807, 2.05) is 0 Å². The first-order chi connectivity index (χ1) is 26.6. The summed E-state index contributed by atoms with van der Waals surface area (Å²) in [5.41, 5.74) is 5.77. The number of hydrogen-bond donors (Lipinski definition) is 3. The molecule has 15 nitrogen and oxygen atoms in total. The van der Waals surface area contributed by atoms with Gasteiger partial charge in [-0.05, 0) is 63.4 Å². The molecule has 1 amide bonds. The van der Waals surface area contributed by atoms with Crippen molar-refractivity contribution in [1.29, 1.82) is 0 Å². The number of terminal acetylenes is 1. The van der Waals surface area contributed by atoms with Gasteiger partial charge in [-0.3, -0.25) is 18.7 Å². The molecule has 4 aromatic rings. The van der Waals surface area contributed by atoms with Crippen LogP contribution in [0.1, 0.15) is 43.9 Å². The summed E-state index contributed by atoms with van der Waals surface area (Å²) in [6.45, 7) is 4.92. The number of aromatic nitrogens is 5. The van der Waals surface area contributed by atoms with Gasteiger partial charge in [-0.1, -0.05) is 45.6 Å². The van der Waals surface area contributed by atoms with Crippen LogP contribution in [0.15, 0.2) is 41.2 Å². The minimum Gasteiger partial charge on any atom is -0.480 e. The van der Waals surface area contributed by atoms with Crippen molar-refractivity contribution < 1.29 is 51.2 Å². The monoisotopic (exact) mass is 881 g/mol. The molecule has 23 heteroatoms. The highest BCUT2D eigenvalue weighted by Gasteiger charge is 2.36. The normalized spacial score (nSPS) is 13.7. The van der Waals surface area contributed by atoms with E-state index in [9.17, 15) is 36.5 Å². The molecule has 2 unspecified atom stereocenters. The number of hydrogen-bond acceptors (Lipinski definition) is 11. The summed E-state index contributed by atoms with van der Waals surface area (Å²) in [5.74, 6) is 1.43. The van der Waals surface area contributed by atoms with Gasteiger partial charge in [-0.15, -0.1) is 16.6 Å². The van der Waals surface area contributed by atoms with Gasteiger partial charge >= 0.3 is 17.8 Å². The van der Waals surface area contributed by atoms with E-state index in [1.54, 1.807) is 24.5 Å². The van der Waals surface area contributed by atoms with Crippen molar-refractivity contribution in [2.45, 2.75) is 64.3 Å². The summed E-state index contributed by atoms with van der Waals surface area (Å²) >= 11 is 12.5. The lowest BCUT2D eigenvalue weighted by atomic mass is 10.2. The van der Waals surface area contributed by atoms with Crippen molar-refractivity contribution in [3.8, 4) is 29.0 Å². The predicted molar refractivity (Wildman–Crippen MR) is 205 cm³/mol. The maximum atomic E-state index is 13.0. The van der Waals surface area contributed by atoms with Gasteiger partial charge in [0.25, 0.3) is 11.1 Å². The third-order valence-corrected chi connectivity index (χ3v) is 10.1. The molecule has 0 saturated heterocycles. The van der Waals surface area contributed by atoms with E-state index in [0.717, 1.165) is 25.1 Å². The standard InChI is InChI=1S/C15H13Cl2N3O2.C14H13F4N3O2S.C5H12NO4P/c1-2-7-22-13-9-12(10(16)8-11(13)17)20-15(21)19-6-4-3-5-14(19)18-20;1-8(2)21(10-5-3-9(15)4-6-10)11(22)7-23-13-20-19-12(24-13)14(16,17)18;1-11(9,10)3-2-4(6)5(7)8/h1,8-9H,3-7H2;3-6,8H,7H2,1-2H3;4H,2-3,6H2,1H3,(H,7,8)(H,9,10). The number of anilines is 1. The number of alkyl halides is 3. The maximum Gasteiger partial charge on any atom is 0.445 e. The van der Waals surface area contributed by atoms with Gasteiger partial charge in [0.05, 0.1) is 15.7 Å². The van der Waals surface area contributed by atoms with Crippen molar-refractivity contribution in [3.05, 3.63) is 73.6 Å². The Bertz CT molecular complexity index is 2150. The molecule has 2 aromatic heterocycles. The van der Waals surface area contributed by atoms with Crippen LogP contribution in [0.2, 0.25) is 10.0 Å². The number of carbonyl (C=O) groups is 2. The van der Waals surface area contributed by atoms with E-state index >= 15 is 0 Å². The van der Waals surface area contributed by atoms with E-state index < -0.39 is 48.9 Å². The number of amides is 1. The maximum absolute atomic E-state index is 13.0. The molecule has 1 aliphatic heterocycles. The number of benzene rings is 2. The SMILES string of the molecule is C#CCOc1cc(-n2nc3n(c2=O)CCCC3)c(Cl)cc1Cl.CC(C)N(C(=O)COc1nnc(C(F)(F)F)s1)c1ccc(F)cc1.CP(=O)(O)CCC(N)C(=O)O. The second-order valence-corrected chi connectivity index (χ2v) is 16.8. The largest absolute Gasteiger partial charge is 0.480 e. The Kier molecular flexibility index (Phi) is 17.1. The molecule has 1 aliphatic rings. The lowest BCUT2D eigenvalue weighted by Crippen LogP contribution is -2.40. The lowest BCUT2D eigenvalue weighted by Gasteiger charge is -2.26. The van der Waals surface area contributed by atoms with Crippen LogP contribution >= 0.6 is 41.9 Å². The molecule has 0 spiro atoms. The molecule has 2 aromatic carbocycles. The number of carbonyl (C=O) groups excluding carboxylic acids is 1. The van der Waals surface area contributed by atoms with Crippen LogP contribution in [0.4, 0.5) is 23.2 Å². The topological polar surface area (TPSA) is 205 Å². The first-order valence-electron chi connectivity index (χ1n) is 16.8. The van der Waals surface area contributed by atoms with Gasteiger partial charge in [-0.2, -0.15) is 17.9 Å². The van der Waals surface area contributed by atoms with Gasteiger partial charge in [0.1, 0.15) is 30.0 Å². The molecule has 0 saturated carbocycles. The number of nitrogens with two attached hydrogens (primary N) is 1. The van der Waals surface area contributed by atoms with Crippen molar-refractivity contribution in [3.63, 3.8) is 0 Å². The van der Waals surface area contributed by atoms with Crippen molar-refractivity contribution in [1.82, 2.24) is 24.5 Å². The average Bonchev–Trinajstić information content (AvgIpc) is 3.75. The molecular weight excluding hydrogens is 844 g/mol. The molecular formula is C34H38Cl2F4N7O8PS. The zero-order valence-electron chi connectivity index (χ0n) is 30.6. The van der Waals surface area contributed by atoms with Crippen LogP contribution in [-0.2, 0) is 33.3 Å². The van der Waals surface area contributed by atoms with Crippen LogP contribution < -0.4 is 25.8 Å². The number of rotatable bonds is 12. The van der Waals surface area contributed by atoms with Crippen LogP contribution in [0.3, 0.4) is 0 Å². The van der Waals surface area contributed by atoms with Crippen molar-refractivity contribution in [2.24, 2.45) is 5.73 Å². The van der Waals surface area contributed by atoms with E-state index in [4.69, 9.17) is 54.8 Å². The van der Waals surface area contributed by atoms with E-state index in [2.05, 4.69) is 21.2 Å². The number of nitrogens with zero attached hydrogens (tertiary/aromatic N) is 6. The Balaban J connectivity index is 0.000000245. The molecule has 4 N–H and O–H groups in total. The number of halogens is 6. The summed E-state index contributed by atoms with van der Waals surface area (Å²) in [6.07, 6.45) is 3.36. The molecule has 57 heavy (non-hydrogen) atoms. The number of carboxylic acid groups (broad SMARTS) is 1. The number of fused-ring (bicyclic) bond motifs is 1. The predicted octanol–water partition coefficient (Wildman–Crippen LogP) is 5.89. The second kappa shape index (κ2) is 20.8. The molecule has 5 rings (SSSR count). The average molecular weight is 883 g/mol. The van der Waals surface area contributed by atoms with Gasteiger partial charge in [0.15, 0.2) is 14.0 Å². The van der Waals surface area contributed by atoms with E-state index in [0.29, 0.717) is 33.7 Å². The van der Waals surface area contributed by atoms with Crippen molar-refractivity contribution >= 4 is 59.5 Å². The van der Waals surface area contributed by atoms with Crippen molar-refractivity contribution in [2.75, 3.05) is 30.9 Å². The third kappa shape index (κ3) is 14.1. The highest BCUT2D eigenvalue weighted by molar-refractivity contribution is 7.57. The highest BCUT2D eigenvalue weighted by atomic mass is 35.5. The summed E-state index contributed by atoms with van der Waals surface area (Å²) < 4.78 is 74.3. The van der Waals surface area contributed by atoms with Gasteiger partial charge in [0.2, 0.25) is 5.01 Å². The first kappa shape index (κ1) is 46.9. The fourth-order valence-electron chi connectivity index (χ4n) is 4.88. The first-order valence-corrected chi connectivity index (χ1v) is 20.6. The Morgan fingerprint density at radius 2 is 1.81 bits per heavy atom. The quantitative estimate of drug-likeness (QED) is 0.0866. The lowest BCUT2D eigenvalue weighted by molar-refractivity contribution is -0.139. The molecule has 3 heterocycles. The third-order valence-electron chi connectivity index (χ3n) is 7.54. The summed E-state index contributed by atoms with van der Waals surface area (Å²) in [7, 11) is -3.10. The Hall–Kier alpha value is -4.51. The highest BCUT2D eigenvalue weighted by Crippen LogP contribution is 2.36. The van der Waals surface area contributed by atoms with E-state index in [-0.39, 0.29) is 47.5 Å². The molecule has 0 radical (unpaired) electrons. The number of aliphatic carboxylic acids is 1. The minimum absolute atomic E-state index is 0.0412. The van der Waals surface area contributed by atoms with Gasteiger partial charge in [-0.25, -0.2) is 9.18 Å². The van der Waals surface area contributed by atoms with Crippen LogP contribution in [0.25, 0.3) is 5.69 Å². The Labute approximate surface area is 337 Å². The number of carboxylic acids is 1. The molecule has 2 atom stereocenters.